The average molecular weight is 472 g/mol. The molecule has 0 aromatic heterocycles. The first-order valence-electron chi connectivity index (χ1n) is 9.27. The number of carbonyl (C=O) groups excluding carboxylic acids is 4. The predicted octanol–water partition coefficient (Wildman–Crippen LogP) is 0.849. The third kappa shape index (κ3) is 8.25. The molecule has 1 aliphatic rings. The van der Waals surface area contributed by atoms with Gasteiger partial charge in [0.15, 0.2) is 12.2 Å². The van der Waals surface area contributed by atoms with Gasteiger partial charge >= 0.3 is 23.9 Å². The van der Waals surface area contributed by atoms with Gasteiger partial charge in [0.1, 0.15) is 18.8 Å². The Morgan fingerprint density at radius 2 is 1.30 bits per heavy atom. The lowest BCUT2D eigenvalue weighted by Crippen LogP contribution is -2.67. The molecule has 1 aliphatic heterocycles. The largest absolute Gasteiger partial charge is 0.463 e. The highest BCUT2D eigenvalue weighted by Crippen LogP contribution is 2.31. The Morgan fingerprint density at radius 3 is 1.73 bits per heavy atom. The van der Waals surface area contributed by atoms with Crippen LogP contribution < -0.4 is 0 Å². The van der Waals surface area contributed by atoms with Gasteiger partial charge in [-0.25, -0.2) is 0 Å². The first-order chi connectivity index (χ1) is 14.1. The van der Waals surface area contributed by atoms with Gasteiger partial charge in [-0.1, -0.05) is 0 Å². The molecule has 0 bridgehead atoms. The standard InChI is InChI=1S/C18H27Cl2NO9/c1-10(22)26-9-14-16(27-11(2)23)17(28-12(3)24)15(18(30-14)29-13(4)25)21(7-5-19)8-6-20/h14-18H,5-9H2,1-4H3/t14-,15-,16-,17-,18?/m1/s1. The van der Waals surface area contributed by atoms with Crippen molar-refractivity contribution >= 4 is 47.1 Å². The van der Waals surface area contributed by atoms with E-state index in [2.05, 4.69) is 0 Å². The van der Waals surface area contributed by atoms with Gasteiger partial charge in [0.05, 0.1) is 0 Å². The maximum atomic E-state index is 11.9. The minimum absolute atomic E-state index is 0.197. The fourth-order valence-corrected chi connectivity index (χ4v) is 3.59. The molecule has 1 fully saturated rings. The molecule has 10 nitrogen and oxygen atoms in total. The summed E-state index contributed by atoms with van der Waals surface area (Å²) < 4.78 is 27.0. The summed E-state index contributed by atoms with van der Waals surface area (Å²) in [7, 11) is 0. The van der Waals surface area contributed by atoms with Crippen molar-refractivity contribution in [3.8, 4) is 0 Å². The molecule has 172 valence electrons. The molecule has 1 unspecified atom stereocenters. The zero-order valence-electron chi connectivity index (χ0n) is 17.3. The van der Waals surface area contributed by atoms with Gasteiger partial charge < -0.3 is 23.7 Å². The second kappa shape index (κ2) is 12.9. The second-order valence-corrected chi connectivity index (χ2v) is 7.26. The van der Waals surface area contributed by atoms with E-state index in [-0.39, 0.29) is 18.4 Å². The van der Waals surface area contributed by atoms with E-state index in [0.29, 0.717) is 13.1 Å². The third-order valence-electron chi connectivity index (χ3n) is 4.12. The molecule has 30 heavy (non-hydrogen) atoms. The van der Waals surface area contributed by atoms with E-state index in [9.17, 15) is 19.2 Å². The van der Waals surface area contributed by atoms with Gasteiger partial charge in [0, 0.05) is 52.5 Å². The number of halogens is 2. The van der Waals surface area contributed by atoms with E-state index in [1.165, 1.54) is 27.7 Å². The van der Waals surface area contributed by atoms with Crippen molar-refractivity contribution in [2.75, 3.05) is 31.5 Å². The normalized spacial score (nSPS) is 26.0. The van der Waals surface area contributed by atoms with E-state index in [4.69, 9.17) is 46.9 Å². The summed E-state index contributed by atoms with van der Waals surface area (Å²) in [6.07, 6.45) is -4.55. The molecule has 0 aromatic carbocycles. The molecule has 0 aromatic rings. The maximum Gasteiger partial charge on any atom is 0.304 e. The Morgan fingerprint density at radius 1 is 0.800 bits per heavy atom. The number of alkyl halides is 2. The summed E-state index contributed by atoms with van der Waals surface area (Å²) in [5.41, 5.74) is 0. The van der Waals surface area contributed by atoms with Crippen LogP contribution in [0.25, 0.3) is 0 Å². The second-order valence-electron chi connectivity index (χ2n) is 6.51. The number of rotatable bonds is 10. The van der Waals surface area contributed by atoms with Crippen molar-refractivity contribution in [3.05, 3.63) is 0 Å². The van der Waals surface area contributed by atoms with Crippen molar-refractivity contribution in [3.63, 3.8) is 0 Å². The predicted molar refractivity (Wildman–Crippen MR) is 105 cm³/mol. The Hall–Kier alpha value is -1.62. The topological polar surface area (TPSA) is 118 Å². The van der Waals surface area contributed by atoms with Crippen LogP contribution in [0.1, 0.15) is 27.7 Å². The fraction of sp³-hybridized carbons (Fsp3) is 0.778. The fourth-order valence-electron chi connectivity index (χ4n) is 3.16. The lowest BCUT2D eigenvalue weighted by atomic mass is 9.94. The molecule has 5 atom stereocenters. The van der Waals surface area contributed by atoms with Crippen LogP contribution in [0.15, 0.2) is 0 Å². The molecule has 0 aliphatic carbocycles. The van der Waals surface area contributed by atoms with Gasteiger partial charge in [-0.2, -0.15) is 0 Å². The summed E-state index contributed by atoms with van der Waals surface area (Å²) in [5, 5.41) is 0. The summed E-state index contributed by atoms with van der Waals surface area (Å²) in [6, 6.07) is -0.881. The van der Waals surface area contributed by atoms with Crippen LogP contribution in [-0.4, -0.2) is 90.9 Å². The van der Waals surface area contributed by atoms with E-state index < -0.39 is 54.5 Å². The highest BCUT2D eigenvalue weighted by Gasteiger charge is 2.53. The van der Waals surface area contributed by atoms with Crippen molar-refractivity contribution in [1.82, 2.24) is 4.90 Å². The highest BCUT2D eigenvalue weighted by molar-refractivity contribution is 6.18. The van der Waals surface area contributed by atoms with Gasteiger partial charge in [0.25, 0.3) is 0 Å². The van der Waals surface area contributed by atoms with Crippen LogP contribution in [-0.2, 0) is 42.9 Å². The Kier molecular flexibility index (Phi) is 11.4. The van der Waals surface area contributed by atoms with Crippen LogP contribution in [0, 0.1) is 0 Å². The van der Waals surface area contributed by atoms with Crippen molar-refractivity contribution in [2.24, 2.45) is 0 Å². The average Bonchev–Trinajstić information content (AvgIpc) is 2.61. The highest BCUT2D eigenvalue weighted by atomic mass is 35.5. The van der Waals surface area contributed by atoms with E-state index >= 15 is 0 Å². The van der Waals surface area contributed by atoms with Crippen LogP contribution >= 0.6 is 23.2 Å². The van der Waals surface area contributed by atoms with Crippen molar-refractivity contribution in [2.45, 2.75) is 58.3 Å². The minimum Gasteiger partial charge on any atom is -0.463 e. The molecule has 0 amide bonds. The van der Waals surface area contributed by atoms with Gasteiger partial charge in [-0.3, -0.25) is 24.1 Å². The first kappa shape index (κ1) is 26.4. The first-order valence-corrected chi connectivity index (χ1v) is 10.3. The molecule has 1 rings (SSSR count). The molecule has 0 N–H and O–H groups in total. The summed E-state index contributed by atoms with van der Waals surface area (Å²) in [6.45, 7) is 5.01. The molecule has 12 heteroatoms. The minimum atomic E-state index is -1.23. The summed E-state index contributed by atoms with van der Waals surface area (Å²) >= 11 is 11.8. The van der Waals surface area contributed by atoms with Crippen molar-refractivity contribution in [1.29, 1.82) is 0 Å². The van der Waals surface area contributed by atoms with Crippen LogP contribution in [0.2, 0.25) is 0 Å². The lowest BCUT2D eigenvalue weighted by Gasteiger charge is -2.48. The van der Waals surface area contributed by atoms with E-state index in [1.54, 1.807) is 4.90 Å². The van der Waals surface area contributed by atoms with Crippen LogP contribution in [0.3, 0.4) is 0 Å². The molecule has 0 spiro atoms. The van der Waals surface area contributed by atoms with Gasteiger partial charge in [-0.15, -0.1) is 23.2 Å². The summed E-state index contributed by atoms with van der Waals surface area (Å²) in [4.78, 5) is 48.3. The summed E-state index contributed by atoms with van der Waals surface area (Å²) in [5.74, 6) is -2.18. The third-order valence-corrected chi connectivity index (χ3v) is 4.45. The maximum absolute atomic E-state index is 11.9. The monoisotopic (exact) mass is 471 g/mol. The molecule has 1 heterocycles. The van der Waals surface area contributed by atoms with Crippen LogP contribution in [0.5, 0.6) is 0 Å². The van der Waals surface area contributed by atoms with Crippen LogP contribution in [0.4, 0.5) is 0 Å². The molecular weight excluding hydrogens is 445 g/mol. The smallest absolute Gasteiger partial charge is 0.304 e. The quantitative estimate of drug-likeness (QED) is 0.257. The van der Waals surface area contributed by atoms with Crippen molar-refractivity contribution < 1.29 is 42.9 Å². The molecule has 0 saturated carbocycles. The number of nitrogens with zero attached hydrogens (tertiary/aromatic N) is 1. The van der Waals surface area contributed by atoms with Gasteiger partial charge in [-0.05, 0) is 0 Å². The Bertz CT molecular complexity index is 612. The number of ether oxygens (including phenoxy) is 5. The SMILES string of the molecule is CC(=O)OC[C@H]1OC(OC(C)=O)[C@H](N(CCCl)CCCl)[C@@H](OC(C)=O)[C@@H]1OC(C)=O. The number of hydrogen-bond acceptors (Lipinski definition) is 10. The molecule has 0 radical (unpaired) electrons. The lowest BCUT2D eigenvalue weighted by molar-refractivity contribution is -0.285. The van der Waals surface area contributed by atoms with Gasteiger partial charge in [0.2, 0.25) is 6.29 Å². The number of hydrogen-bond donors (Lipinski definition) is 0. The number of esters is 4. The van der Waals surface area contributed by atoms with E-state index in [0.717, 1.165) is 0 Å². The Balaban J connectivity index is 3.43. The van der Waals surface area contributed by atoms with E-state index in [1.807, 2.05) is 0 Å². The zero-order valence-corrected chi connectivity index (χ0v) is 18.8. The number of carbonyl (C=O) groups is 4. The molecular formula is C18H27Cl2NO9. The molecule has 1 saturated heterocycles. The zero-order chi connectivity index (χ0) is 22.8. The Labute approximate surface area is 185 Å².